The quantitative estimate of drug-likeness (QED) is 0.565. The topological polar surface area (TPSA) is 80.9 Å². The molecule has 0 radical (unpaired) electrons. The molecule has 4 aliphatic carbocycles. The smallest absolute Gasteiger partial charge is 0.152 e. The Morgan fingerprint density at radius 2 is 1.92 bits per heavy atom. The van der Waals surface area contributed by atoms with Crippen molar-refractivity contribution in [1.82, 2.24) is 0 Å². The highest BCUT2D eigenvalue weighted by atomic mass is 19.1. The largest absolute Gasteiger partial charge is 0.396 e. The third kappa shape index (κ3) is 1.93. The first kappa shape index (κ1) is 18.6. The minimum atomic E-state index is -1.80. The summed E-state index contributed by atoms with van der Waals surface area (Å²) in [5.41, 5.74) is -3.88. The van der Waals surface area contributed by atoms with Crippen LogP contribution in [0.4, 0.5) is 4.39 Å². The Hall–Kier alpha value is -0.750. The lowest BCUT2D eigenvalue weighted by Gasteiger charge is -2.62. The lowest BCUT2D eigenvalue weighted by Crippen LogP contribution is -2.68. The molecule has 3 fully saturated rings. The summed E-state index contributed by atoms with van der Waals surface area (Å²) in [4.78, 5) is 0. The van der Waals surface area contributed by atoms with Crippen molar-refractivity contribution < 1.29 is 24.8 Å². The van der Waals surface area contributed by atoms with Gasteiger partial charge in [-0.2, -0.15) is 0 Å². The van der Waals surface area contributed by atoms with Gasteiger partial charge in [0.2, 0.25) is 0 Å². The number of aliphatic hydroxyl groups is 4. The van der Waals surface area contributed by atoms with E-state index in [1.165, 1.54) is 0 Å². The van der Waals surface area contributed by atoms with Gasteiger partial charge in [0.25, 0.3) is 0 Å². The van der Waals surface area contributed by atoms with E-state index in [0.29, 0.717) is 12.8 Å². The van der Waals surface area contributed by atoms with E-state index in [9.17, 15) is 20.4 Å². The molecule has 4 rings (SSSR count). The van der Waals surface area contributed by atoms with Crippen LogP contribution >= 0.6 is 0 Å². The highest BCUT2D eigenvalue weighted by Gasteiger charge is 2.74. The van der Waals surface area contributed by atoms with Crippen LogP contribution < -0.4 is 0 Å². The Balaban J connectivity index is 1.81. The maximum absolute atomic E-state index is 16.7. The summed E-state index contributed by atoms with van der Waals surface area (Å²) >= 11 is 0. The fourth-order valence-corrected chi connectivity index (χ4v) is 7.07. The second kappa shape index (κ2) is 5.63. The lowest BCUT2D eigenvalue weighted by molar-refractivity contribution is -0.226. The molecule has 0 spiro atoms. The van der Waals surface area contributed by atoms with Crippen LogP contribution in [0.25, 0.3) is 0 Å². The van der Waals surface area contributed by atoms with E-state index in [1.54, 1.807) is 0 Å². The molecule has 0 aromatic heterocycles. The number of fused-ring (bicyclic) bond motifs is 5. The van der Waals surface area contributed by atoms with Gasteiger partial charge in [-0.15, -0.1) is 0 Å². The zero-order valence-corrected chi connectivity index (χ0v) is 15.7. The van der Waals surface area contributed by atoms with Crippen LogP contribution in [0.2, 0.25) is 0 Å². The average Bonchev–Trinajstić information content (AvgIpc) is 2.77. The molecule has 8 atom stereocenters. The molecule has 0 bridgehead atoms. The van der Waals surface area contributed by atoms with Crippen molar-refractivity contribution >= 4 is 0 Å². The highest BCUT2D eigenvalue weighted by Crippen LogP contribution is 2.70. The third-order valence-electron chi connectivity index (χ3n) is 8.60. The number of rotatable bonds is 2. The Morgan fingerprint density at radius 3 is 2.62 bits per heavy atom. The molecule has 0 amide bonds. The summed E-state index contributed by atoms with van der Waals surface area (Å²) in [6.07, 6.45) is 6.40. The Labute approximate surface area is 154 Å². The van der Waals surface area contributed by atoms with Crippen LogP contribution in [0.15, 0.2) is 23.8 Å². The fraction of sp³-hybridized carbons (Fsp3) is 0.810. The van der Waals surface area contributed by atoms with Crippen LogP contribution in [0.1, 0.15) is 52.4 Å². The van der Waals surface area contributed by atoms with Crippen molar-refractivity contribution in [3.8, 4) is 0 Å². The zero-order valence-electron chi connectivity index (χ0n) is 15.7. The zero-order chi connectivity index (χ0) is 19.0. The van der Waals surface area contributed by atoms with Gasteiger partial charge in [0.15, 0.2) is 5.67 Å². The van der Waals surface area contributed by atoms with Crippen molar-refractivity contribution in [2.45, 2.75) is 75.9 Å². The summed E-state index contributed by atoms with van der Waals surface area (Å²) < 4.78 is 16.7. The van der Waals surface area contributed by atoms with Crippen molar-refractivity contribution in [2.24, 2.45) is 22.7 Å². The number of hydrogen-bond donors (Lipinski definition) is 4. The first-order valence-electron chi connectivity index (χ1n) is 9.90. The maximum atomic E-state index is 16.7. The van der Waals surface area contributed by atoms with Gasteiger partial charge < -0.3 is 20.4 Å². The lowest BCUT2D eigenvalue weighted by atomic mass is 9.44. The molecular weight excluding hydrogens is 335 g/mol. The van der Waals surface area contributed by atoms with Crippen LogP contribution in [-0.2, 0) is 0 Å². The van der Waals surface area contributed by atoms with E-state index in [2.05, 4.69) is 6.08 Å². The van der Waals surface area contributed by atoms with Gasteiger partial charge in [-0.05, 0) is 44.9 Å². The van der Waals surface area contributed by atoms with Gasteiger partial charge in [0, 0.05) is 29.8 Å². The molecule has 146 valence electrons. The van der Waals surface area contributed by atoms with Gasteiger partial charge in [-0.25, -0.2) is 4.39 Å². The summed E-state index contributed by atoms with van der Waals surface area (Å²) in [5, 5.41) is 42.4. The molecule has 5 heteroatoms. The molecule has 0 aliphatic heterocycles. The SMILES string of the molecule is C[C@]12C=CCC=C1CC[C@H]1[C@@H]3C[C@@H](O)[C@](O)(CCO)[C@@]3(C)C[C@H](O)[C@@]12F. The summed E-state index contributed by atoms with van der Waals surface area (Å²) in [6, 6.07) is 0. The molecule has 4 N–H and O–H groups in total. The van der Waals surface area contributed by atoms with E-state index in [1.807, 2.05) is 26.0 Å². The molecule has 0 heterocycles. The predicted molar refractivity (Wildman–Crippen MR) is 96.0 cm³/mol. The van der Waals surface area contributed by atoms with Gasteiger partial charge in [-0.3, -0.25) is 0 Å². The molecule has 0 saturated heterocycles. The normalized spacial score (nSPS) is 55.7. The number of allylic oxidation sites excluding steroid dienone is 4. The van der Waals surface area contributed by atoms with Gasteiger partial charge in [-0.1, -0.05) is 30.7 Å². The first-order chi connectivity index (χ1) is 12.1. The van der Waals surface area contributed by atoms with Crippen molar-refractivity contribution in [3.05, 3.63) is 23.8 Å². The van der Waals surface area contributed by atoms with E-state index in [-0.39, 0.29) is 25.4 Å². The first-order valence-corrected chi connectivity index (χ1v) is 9.90. The maximum Gasteiger partial charge on any atom is 0.152 e. The average molecular weight is 366 g/mol. The summed E-state index contributed by atoms with van der Waals surface area (Å²) in [5.74, 6) is -0.653. The molecular formula is C21H31FO4. The van der Waals surface area contributed by atoms with Crippen LogP contribution in [0.3, 0.4) is 0 Å². The Bertz CT molecular complexity index is 662. The third-order valence-corrected chi connectivity index (χ3v) is 8.60. The Morgan fingerprint density at radius 1 is 1.19 bits per heavy atom. The van der Waals surface area contributed by atoms with Gasteiger partial charge in [0.1, 0.15) is 0 Å². The van der Waals surface area contributed by atoms with E-state index < -0.39 is 40.2 Å². The minimum Gasteiger partial charge on any atom is -0.396 e. The number of alkyl halides is 1. The highest BCUT2D eigenvalue weighted by molar-refractivity contribution is 5.38. The van der Waals surface area contributed by atoms with Crippen LogP contribution in [0, 0.1) is 22.7 Å². The van der Waals surface area contributed by atoms with Gasteiger partial charge >= 0.3 is 0 Å². The van der Waals surface area contributed by atoms with Crippen molar-refractivity contribution in [2.75, 3.05) is 6.61 Å². The number of halogens is 1. The van der Waals surface area contributed by atoms with Gasteiger partial charge in [0.05, 0.1) is 17.8 Å². The second-order valence-electron chi connectivity index (χ2n) is 9.38. The standard InChI is InChI=1S/C21H31FO4/c1-18-8-4-3-5-13(18)6-7-14-15-11-16(24)20(26,9-10-23)19(15,2)12-17(25)21(14,18)22/h4-5,8,14-17,23-26H,3,6-7,9-12H2,1-2H3/t14-,15-,16+,17-,18-,19-,20+,21-/m0/s1. The summed E-state index contributed by atoms with van der Waals surface area (Å²) in [7, 11) is 0. The molecule has 0 unspecified atom stereocenters. The summed E-state index contributed by atoms with van der Waals surface area (Å²) in [6.45, 7) is 3.50. The van der Waals surface area contributed by atoms with E-state index >= 15 is 4.39 Å². The monoisotopic (exact) mass is 366 g/mol. The molecule has 0 aromatic rings. The molecule has 0 aromatic carbocycles. The minimum absolute atomic E-state index is 0.0439. The molecule has 26 heavy (non-hydrogen) atoms. The molecule has 4 aliphatic rings. The fourth-order valence-electron chi connectivity index (χ4n) is 7.07. The Kier molecular flexibility index (Phi) is 4.03. The van der Waals surface area contributed by atoms with Crippen molar-refractivity contribution in [3.63, 3.8) is 0 Å². The van der Waals surface area contributed by atoms with E-state index in [0.717, 1.165) is 18.4 Å². The van der Waals surface area contributed by atoms with Crippen molar-refractivity contribution in [1.29, 1.82) is 0 Å². The second-order valence-corrected chi connectivity index (χ2v) is 9.38. The van der Waals surface area contributed by atoms with E-state index in [4.69, 9.17) is 0 Å². The predicted octanol–water partition coefficient (Wildman–Crippen LogP) is 2.26. The number of hydrogen-bond acceptors (Lipinski definition) is 4. The van der Waals surface area contributed by atoms with Crippen LogP contribution in [0.5, 0.6) is 0 Å². The number of aliphatic hydroxyl groups excluding tert-OH is 3. The molecule has 3 saturated carbocycles. The van der Waals surface area contributed by atoms with Crippen LogP contribution in [-0.4, -0.2) is 50.5 Å². The molecule has 4 nitrogen and oxygen atoms in total.